The predicted molar refractivity (Wildman–Crippen MR) is 227 cm³/mol. The first-order chi connectivity index (χ1) is 28.8. The standard InChI is InChI=1S/C44H50N6O10/c1-9-49(44(55)58-25-28-14-16-30(17-15-28)48-41(52)27(4)47-40(51)20-26(2)3)35-24-39(37(57-8)22-32(35)42(53)46-6)60-59-38-23-33(45-5)31(21-36(38)56-7)43(54)50-19-18-29-12-10-11-13-34(29)50/h10-17,21-24,26-27H,5,9,18-20,25H2,1-4,6-8H3,(H,46,53)(H,47,51)(H,48,52)/t27-/m0/s1. The van der Waals surface area contributed by atoms with Crippen LogP contribution in [0.5, 0.6) is 23.0 Å². The van der Waals surface area contributed by atoms with Crippen molar-refractivity contribution < 1.29 is 48.0 Å². The van der Waals surface area contributed by atoms with E-state index < -0.39 is 18.0 Å². The molecule has 0 unspecified atom stereocenters. The number of carbonyl (C=O) groups is 5. The third-order valence-corrected chi connectivity index (χ3v) is 9.57. The molecular weight excluding hydrogens is 773 g/mol. The molecule has 4 aromatic carbocycles. The van der Waals surface area contributed by atoms with Crippen LogP contribution in [0.2, 0.25) is 0 Å². The van der Waals surface area contributed by atoms with Gasteiger partial charge in [-0.25, -0.2) is 4.79 Å². The second kappa shape index (κ2) is 20.0. The van der Waals surface area contributed by atoms with Gasteiger partial charge in [-0.3, -0.25) is 38.8 Å². The highest BCUT2D eigenvalue weighted by atomic mass is 17.2. The first-order valence-corrected chi connectivity index (χ1v) is 19.3. The Kier molecular flexibility index (Phi) is 14.7. The molecule has 5 amide bonds. The predicted octanol–water partition coefficient (Wildman–Crippen LogP) is 6.62. The number of amides is 5. The lowest BCUT2D eigenvalue weighted by atomic mass is 10.1. The highest BCUT2D eigenvalue weighted by Crippen LogP contribution is 2.40. The third-order valence-electron chi connectivity index (χ3n) is 9.57. The molecule has 1 heterocycles. The van der Waals surface area contributed by atoms with Crippen LogP contribution >= 0.6 is 0 Å². The summed E-state index contributed by atoms with van der Waals surface area (Å²) in [4.78, 5) is 83.8. The molecule has 0 spiro atoms. The van der Waals surface area contributed by atoms with Gasteiger partial charge in [0.05, 0.1) is 36.7 Å². The molecule has 1 atom stereocenters. The Morgan fingerprint density at radius 3 is 2.13 bits per heavy atom. The summed E-state index contributed by atoms with van der Waals surface area (Å²) >= 11 is 0. The van der Waals surface area contributed by atoms with Crippen LogP contribution in [0, 0.1) is 5.92 Å². The van der Waals surface area contributed by atoms with Crippen molar-refractivity contribution in [3.8, 4) is 23.0 Å². The summed E-state index contributed by atoms with van der Waals surface area (Å²) in [5.41, 5.74) is 3.67. The number of carbonyl (C=O) groups excluding carboxylic acids is 5. The fourth-order valence-electron chi connectivity index (χ4n) is 6.47. The normalized spacial score (nSPS) is 12.1. The van der Waals surface area contributed by atoms with E-state index in [2.05, 4.69) is 27.7 Å². The molecule has 16 heteroatoms. The molecule has 0 aromatic heterocycles. The van der Waals surface area contributed by atoms with Gasteiger partial charge in [-0.05, 0) is 74.4 Å². The van der Waals surface area contributed by atoms with Gasteiger partial charge >= 0.3 is 6.09 Å². The minimum Gasteiger partial charge on any atom is -0.493 e. The summed E-state index contributed by atoms with van der Waals surface area (Å²) in [6.45, 7) is 11.3. The number of anilines is 3. The van der Waals surface area contributed by atoms with Crippen LogP contribution < -0.4 is 45.0 Å². The third kappa shape index (κ3) is 10.3. The van der Waals surface area contributed by atoms with Crippen molar-refractivity contribution in [3.05, 3.63) is 95.1 Å². The maximum Gasteiger partial charge on any atom is 0.414 e. The quantitative estimate of drug-likeness (QED) is 0.0594. The van der Waals surface area contributed by atoms with Crippen LogP contribution in [0.3, 0.4) is 0 Å². The van der Waals surface area contributed by atoms with Crippen LogP contribution in [0.25, 0.3) is 0 Å². The molecule has 1 aliphatic heterocycles. The molecule has 0 bridgehead atoms. The van der Waals surface area contributed by atoms with Crippen molar-refractivity contribution >= 4 is 59.2 Å². The minimum absolute atomic E-state index is 0.0122. The molecule has 5 rings (SSSR count). The molecule has 60 heavy (non-hydrogen) atoms. The lowest BCUT2D eigenvalue weighted by Gasteiger charge is -2.24. The first kappa shape index (κ1) is 44.0. The molecule has 0 saturated heterocycles. The Hall–Kier alpha value is -7.10. The number of hydrogen-bond donors (Lipinski definition) is 3. The van der Waals surface area contributed by atoms with E-state index in [-0.39, 0.29) is 82.3 Å². The van der Waals surface area contributed by atoms with E-state index in [9.17, 15) is 24.0 Å². The monoisotopic (exact) mass is 822 g/mol. The molecule has 0 aliphatic carbocycles. The van der Waals surface area contributed by atoms with E-state index in [1.807, 2.05) is 38.1 Å². The van der Waals surface area contributed by atoms with Crippen molar-refractivity contribution in [3.63, 3.8) is 0 Å². The second-order valence-corrected chi connectivity index (χ2v) is 14.2. The van der Waals surface area contributed by atoms with E-state index in [1.165, 1.54) is 50.4 Å². The van der Waals surface area contributed by atoms with E-state index in [1.54, 1.807) is 43.0 Å². The maximum absolute atomic E-state index is 13.8. The number of methoxy groups -OCH3 is 2. The maximum atomic E-state index is 13.8. The summed E-state index contributed by atoms with van der Waals surface area (Å²) in [6.07, 6.45) is 0.266. The molecule has 16 nitrogen and oxygen atoms in total. The number of aliphatic imine (C=N–C) groups is 1. The van der Waals surface area contributed by atoms with Crippen molar-refractivity contribution in [2.75, 3.05) is 49.5 Å². The van der Waals surface area contributed by atoms with Gasteiger partial charge < -0.3 is 35.1 Å². The second-order valence-electron chi connectivity index (χ2n) is 14.2. The SMILES string of the molecule is C=Nc1cc(OOc2cc(N(CC)C(=O)OCc3ccc(NC(=O)[C@H](C)NC(=O)CC(C)C)cc3)c(C(=O)NC)cc2OC)c(OC)cc1C(=O)N1CCc2ccccc21. The average molecular weight is 823 g/mol. The molecule has 316 valence electrons. The van der Waals surface area contributed by atoms with Gasteiger partial charge in [-0.2, -0.15) is 0 Å². The zero-order valence-electron chi connectivity index (χ0n) is 34.7. The van der Waals surface area contributed by atoms with Gasteiger partial charge in [0.15, 0.2) is 11.5 Å². The summed E-state index contributed by atoms with van der Waals surface area (Å²) in [5.74, 6) is -0.922. The molecular formula is C44H50N6O10. The summed E-state index contributed by atoms with van der Waals surface area (Å²) < 4.78 is 16.8. The molecule has 0 radical (unpaired) electrons. The van der Waals surface area contributed by atoms with Gasteiger partial charge in [0, 0.05) is 50.1 Å². The van der Waals surface area contributed by atoms with Crippen LogP contribution in [-0.4, -0.2) is 76.8 Å². The minimum atomic E-state index is -0.771. The Bertz CT molecular complexity index is 2240. The van der Waals surface area contributed by atoms with Crippen LogP contribution in [0.4, 0.5) is 27.5 Å². The Morgan fingerprint density at radius 1 is 0.867 bits per heavy atom. The number of nitrogens with zero attached hydrogens (tertiary/aromatic N) is 3. The number of nitrogens with one attached hydrogen (secondary N) is 3. The fraction of sp³-hybridized carbons (Fsp3) is 0.318. The van der Waals surface area contributed by atoms with E-state index in [0.717, 1.165) is 17.7 Å². The van der Waals surface area contributed by atoms with Crippen molar-refractivity contribution in [2.24, 2.45) is 10.9 Å². The van der Waals surface area contributed by atoms with E-state index in [4.69, 9.17) is 24.0 Å². The number of para-hydroxylation sites is 1. The highest BCUT2D eigenvalue weighted by Gasteiger charge is 2.30. The Labute approximate surface area is 348 Å². The average Bonchev–Trinajstić information content (AvgIpc) is 3.68. The number of fused-ring (bicyclic) bond motifs is 1. The van der Waals surface area contributed by atoms with Crippen LogP contribution in [0.15, 0.2) is 77.8 Å². The van der Waals surface area contributed by atoms with Gasteiger partial charge in [0.25, 0.3) is 11.8 Å². The molecule has 3 N–H and O–H groups in total. The summed E-state index contributed by atoms with van der Waals surface area (Å²) in [5, 5.41) is 8.02. The lowest BCUT2D eigenvalue weighted by molar-refractivity contribution is -0.126. The number of benzene rings is 4. The first-order valence-electron chi connectivity index (χ1n) is 19.3. The summed E-state index contributed by atoms with van der Waals surface area (Å²) in [7, 11) is 4.24. The number of ether oxygens (including phenoxy) is 3. The van der Waals surface area contributed by atoms with Crippen LogP contribution in [0.1, 0.15) is 66.0 Å². The molecule has 0 fully saturated rings. The Balaban J connectivity index is 1.32. The molecule has 1 aliphatic rings. The van der Waals surface area contributed by atoms with Crippen molar-refractivity contribution in [1.29, 1.82) is 0 Å². The van der Waals surface area contributed by atoms with Crippen molar-refractivity contribution in [2.45, 2.75) is 53.2 Å². The van der Waals surface area contributed by atoms with Gasteiger partial charge in [0.1, 0.15) is 12.6 Å². The highest BCUT2D eigenvalue weighted by molar-refractivity contribution is 6.11. The van der Waals surface area contributed by atoms with Crippen LogP contribution in [-0.2, 0) is 27.4 Å². The molecule has 0 saturated carbocycles. The fourth-order valence-corrected chi connectivity index (χ4v) is 6.47. The van der Waals surface area contributed by atoms with Gasteiger partial charge in [0.2, 0.25) is 23.3 Å². The molecule has 4 aromatic rings. The smallest absolute Gasteiger partial charge is 0.414 e. The number of rotatable bonds is 17. The number of hydrogen-bond acceptors (Lipinski definition) is 11. The lowest BCUT2D eigenvalue weighted by Crippen LogP contribution is -2.41. The van der Waals surface area contributed by atoms with Crippen molar-refractivity contribution in [1.82, 2.24) is 10.6 Å². The van der Waals surface area contributed by atoms with Gasteiger partial charge in [-0.1, -0.05) is 44.2 Å². The largest absolute Gasteiger partial charge is 0.493 e. The zero-order chi connectivity index (χ0) is 43.5. The van der Waals surface area contributed by atoms with E-state index >= 15 is 0 Å². The van der Waals surface area contributed by atoms with E-state index in [0.29, 0.717) is 24.2 Å². The van der Waals surface area contributed by atoms with Gasteiger partial charge in [-0.15, -0.1) is 0 Å². The summed E-state index contributed by atoms with van der Waals surface area (Å²) in [6, 6.07) is 19.4. The Morgan fingerprint density at radius 2 is 1.52 bits per heavy atom. The topological polar surface area (TPSA) is 186 Å². The zero-order valence-corrected chi connectivity index (χ0v) is 34.7.